The number of hydrogen-bond acceptors (Lipinski definition) is 4. The van der Waals surface area contributed by atoms with Crippen molar-refractivity contribution in [1.82, 2.24) is 9.78 Å². The average Bonchev–Trinajstić information content (AvgIpc) is 2.76. The molecule has 1 aromatic heterocycles. The number of aryl methyl sites for hydroxylation is 1. The maximum absolute atomic E-state index is 5.92. The molecule has 17 heavy (non-hydrogen) atoms. The SMILES string of the molecule is Cc1cnn(CCOC2(CN)CCCOC2)c1. The van der Waals surface area contributed by atoms with Crippen molar-refractivity contribution >= 4 is 0 Å². The predicted molar refractivity (Wildman–Crippen MR) is 64.8 cm³/mol. The summed E-state index contributed by atoms with van der Waals surface area (Å²) in [6.07, 6.45) is 5.87. The van der Waals surface area contributed by atoms with E-state index in [-0.39, 0.29) is 5.60 Å². The van der Waals surface area contributed by atoms with E-state index in [4.69, 9.17) is 15.2 Å². The van der Waals surface area contributed by atoms with Crippen LogP contribution < -0.4 is 5.73 Å². The Morgan fingerprint density at radius 3 is 3.12 bits per heavy atom. The van der Waals surface area contributed by atoms with E-state index in [0.717, 1.165) is 26.0 Å². The van der Waals surface area contributed by atoms with E-state index in [1.165, 1.54) is 5.56 Å². The summed E-state index contributed by atoms with van der Waals surface area (Å²) >= 11 is 0. The molecule has 1 aromatic rings. The van der Waals surface area contributed by atoms with E-state index < -0.39 is 0 Å². The summed E-state index contributed by atoms with van der Waals surface area (Å²) in [5.74, 6) is 0. The molecule has 1 atom stereocenters. The number of nitrogens with two attached hydrogens (primary N) is 1. The predicted octanol–water partition coefficient (Wildman–Crippen LogP) is 0.716. The number of rotatable bonds is 5. The van der Waals surface area contributed by atoms with Crippen molar-refractivity contribution < 1.29 is 9.47 Å². The summed E-state index contributed by atoms with van der Waals surface area (Å²) in [6, 6.07) is 0. The van der Waals surface area contributed by atoms with E-state index in [9.17, 15) is 0 Å². The fourth-order valence-electron chi connectivity index (χ4n) is 2.11. The van der Waals surface area contributed by atoms with Crippen molar-refractivity contribution in [2.45, 2.75) is 31.9 Å². The molecule has 0 amide bonds. The van der Waals surface area contributed by atoms with E-state index in [1.807, 2.05) is 24.0 Å². The molecule has 2 rings (SSSR count). The van der Waals surface area contributed by atoms with Gasteiger partial charge in [0.25, 0.3) is 0 Å². The van der Waals surface area contributed by atoms with Crippen molar-refractivity contribution in [3.63, 3.8) is 0 Å². The molecule has 1 unspecified atom stereocenters. The highest BCUT2D eigenvalue weighted by atomic mass is 16.5. The summed E-state index contributed by atoms with van der Waals surface area (Å²) < 4.78 is 13.3. The van der Waals surface area contributed by atoms with E-state index in [2.05, 4.69) is 5.10 Å². The largest absolute Gasteiger partial charge is 0.378 e. The van der Waals surface area contributed by atoms with Gasteiger partial charge in [-0.1, -0.05) is 0 Å². The Balaban J connectivity index is 1.79. The highest BCUT2D eigenvalue weighted by Crippen LogP contribution is 2.22. The zero-order chi connectivity index (χ0) is 12.1. The first kappa shape index (κ1) is 12.5. The average molecular weight is 239 g/mol. The number of hydrogen-bond donors (Lipinski definition) is 1. The minimum absolute atomic E-state index is 0.277. The van der Waals surface area contributed by atoms with Crippen molar-refractivity contribution in [2.75, 3.05) is 26.4 Å². The Bertz CT molecular complexity index is 345. The van der Waals surface area contributed by atoms with Crippen LogP contribution in [0.5, 0.6) is 0 Å². The Hall–Kier alpha value is -0.910. The Labute approximate surface area is 102 Å². The molecule has 5 heteroatoms. The normalized spacial score (nSPS) is 25.1. The molecule has 0 aromatic carbocycles. The molecular weight excluding hydrogens is 218 g/mol. The molecule has 1 aliphatic heterocycles. The molecular formula is C12H21N3O2. The first-order valence-electron chi connectivity index (χ1n) is 6.15. The second-order valence-corrected chi connectivity index (χ2v) is 4.67. The molecule has 5 nitrogen and oxygen atoms in total. The first-order chi connectivity index (χ1) is 8.24. The van der Waals surface area contributed by atoms with Gasteiger partial charge in [-0.3, -0.25) is 4.68 Å². The van der Waals surface area contributed by atoms with Gasteiger partial charge >= 0.3 is 0 Å². The van der Waals surface area contributed by atoms with Crippen LogP contribution in [0, 0.1) is 6.92 Å². The smallest absolute Gasteiger partial charge is 0.104 e. The fourth-order valence-corrected chi connectivity index (χ4v) is 2.11. The molecule has 2 heterocycles. The lowest BCUT2D eigenvalue weighted by Crippen LogP contribution is -2.48. The molecule has 2 N–H and O–H groups in total. The minimum Gasteiger partial charge on any atom is -0.378 e. The lowest BCUT2D eigenvalue weighted by molar-refractivity contribution is -0.124. The van der Waals surface area contributed by atoms with Crippen LogP contribution in [0.15, 0.2) is 12.4 Å². The third-order valence-electron chi connectivity index (χ3n) is 3.15. The highest BCUT2D eigenvalue weighted by molar-refractivity contribution is 4.99. The van der Waals surface area contributed by atoms with Gasteiger partial charge in [-0.05, 0) is 25.3 Å². The van der Waals surface area contributed by atoms with Gasteiger partial charge in [0.15, 0.2) is 0 Å². The van der Waals surface area contributed by atoms with Crippen LogP contribution in [0.4, 0.5) is 0 Å². The number of ether oxygens (including phenoxy) is 2. The zero-order valence-corrected chi connectivity index (χ0v) is 10.4. The van der Waals surface area contributed by atoms with Gasteiger partial charge in [-0.2, -0.15) is 5.10 Å². The molecule has 0 bridgehead atoms. The molecule has 96 valence electrons. The van der Waals surface area contributed by atoms with Crippen LogP contribution in [-0.4, -0.2) is 41.7 Å². The fraction of sp³-hybridized carbons (Fsp3) is 0.750. The standard InChI is InChI=1S/C12H21N3O2/c1-11-7-14-15(8-11)4-6-17-12(9-13)3-2-5-16-10-12/h7-8H,2-6,9-10,13H2,1H3. The van der Waals surface area contributed by atoms with Gasteiger partial charge < -0.3 is 15.2 Å². The van der Waals surface area contributed by atoms with Gasteiger partial charge in [0.05, 0.1) is 26.0 Å². The Morgan fingerprint density at radius 2 is 2.53 bits per heavy atom. The minimum atomic E-state index is -0.277. The van der Waals surface area contributed by atoms with Crippen molar-refractivity contribution in [3.8, 4) is 0 Å². The quantitative estimate of drug-likeness (QED) is 0.822. The summed E-state index contributed by atoms with van der Waals surface area (Å²) in [5.41, 5.74) is 6.68. The van der Waals surface area contributed by atoms with Crippen LogP contribution in [0.1, 0.15) is 18.4 Å². The van der Waals surface area contributed by atoms with Gasteiger partial charge in [-0.15, -0.1) is 0 Å². The lowest BCUT2D eigenvalue weighted by atomic mass is 9.97. The Kier molecular flexibility index (Phi) is 4.15. The van der Waals surface area contributed by atoms with Crippen LogP contribution in [0.25, 0.3) is 0 Å². The van der Waals surface area contributed by atoms with Crippen molar-refractivity contribution in [3.05, 3.63) is 18.0 Å². The van der Waals surface area contributed by atoms with Crippen LogP contribution in [-0.2, 0) is 16.0 Å². The van der Waals surface area contributed by atoms with E-state index in [0.29, 0.717) is 19.8 Å². The maximum Gasteiger partial charge on any atom is 0.104 e. The van der Waals surface area contributed by atoms with Crippen molar-refractivity contribution in [1.29, 1.82) is 0 Å². The molecule has 0 saturated carbocycles. The summed E-state index contributed by atoms with van der Waals surface area (Å²) in [7, 11) is 0. The Morgan fingerprint density at radius 1 is 1.65 bits per heavy atom. The summed E-state index contributed by atoms with van der Waals surface area (Å²) in [5, 5.41) is 4.22. The summed E-state index contributed by atoms with van der Waals surface area (Å²) in [4.78, 5) is 0. The third kappa shape index (κ3) is 3.28. The highest BCUT2D eigenvalue weighted by Gasteiger charge is 2.32. The lowest BCUT2D eigenvalue weighted by Gasteiger charge is -2.35. The van der Waals surface area contributed by atoms with Gasteiger partial charge in [0.1, 0.15) is 5.60 Å². The second-order valence-electron chi connectivity index (χ2n) is 4.67. The molecule has 0 aliphatic carbocycles. The third-order valence-corrected chi connectivity index (χ3v) is 3.15. The van der Waals surface area contributed by atoms with Crippen LogP contribution in [0.3, 0.4) is 0 Å². The molecule has 0 radical (unpaired) electrons. The first-order valence-corrected chi connectivity index (χ1v) is 6.15. The second kappa shape index (κ2) is 5.62. The number of nitrogens with zero attached hydrogens (tertiary/aromatic N) is 2. The molecule has 1 saturated heterocycles. The molecule has 1 fully saturated rings. The van der Waals surface area contributed by atoms with Gasteiger partial charge in [0.2, 0.25) is 0 Å². The van der Waals surface area contributed by atoms with E-state index >= 15 is 0 Å². The van der Waals surface area contributed by atoms with Crippen molar-refractivity contribution in [2.24, 2.45) is 5.73 Å². The summed E-state index contributed by atoms with van der Waals surface area (Å²) in [6.45, 7) is 5.37. The van der Waals surface area contributed by atoms with Gasteiger partial charge in [-0.25, -0.2) is 0 Å². The van der Waals surface area contributed by atoms with Crippen LogP contribution >= 0.6 is 0 Å². The molecule has 1 aliphatic rings. The monoisotopic (exact) mass is 239 g/mol. The van der Waals surface area contributed by atoms with Gasteiger partial charge in [0, 0.05) is 19.3 Å². The molecule has 0 spiro atoms. The number of aromatic nitrogens is 2. The topological polar surface area (TPSA) is 62.3 Å². The van der Waals surface area contributed by atoms with Crippen LogP contribution in [0.2, 0.25) is 0 Å². The zero-order valence-electron chi connectivity index (χ0n) is 10.4. The van der Waals surface area contributed by atoms with E-state index in [1.54, 1.807) is 0 Å². The maximum atomic E-state index is 5.92.